The minimum Gasteiger partial charge on any atom is -0.370 e. The van der Waals surface area contributed by atoms with E-state index in [1.807, 2.05) is 30.0 Å². The summed E-state index contributed by atoms with van der Waals surface area (Å²) in [6, 6.07) is 8.15. The predicted molar refractivity (Wildman–Crippen MR) is 63.7 cm³/mol. The number of fused-ring (bicyclic) bond motifs is 3. The van der Waals surface area contributed by atoms with Gasteiger partial charge in [-0.1, -0.05) is 24.3 Å². The highest BCUT2D eigenvalue weighted by Crippen LogP contribution is 2.44. The molecule has 0 saturated carbocycles. The summed E-state index contributed by atoms with van der Waals surface area (Å²) in [7, 11) is 0. The Labute approximate surface area is 97.9 Å². The Bertz CT molecular complexity index is 360. The molecule has 4 heteroatoms. The summed E-state index contributed by atoms with van der Waals surface area (Å²) in [6.07, 6.45) is 0.990. The summed E-state index contributed by atoms with van der Waals surface area (Å²) in [4.78, 5) is 0. The molecule has 0 spiro atoms. The van der Waals surface area contributed by atoms with Gasteiger partial charge in [0.15, 0.2) is 5.72 Å². The maximum Gasteiger partial charge on any atom is 0.155 e. The van der Waals surface area contributed by atoms with Crippen molar-refractivity contribution in [3.8, 4) is 0 Å². The predicted octanol–water partition coefficient (Wildman–Crippen LogP) is 1.63. The van der Waals surface area contributed by atoms with Gasteiger partial charge >= 0.3 is 0 Å². The van der Waals surface area contributed by atoms with Gasteiger partial charge in [-0.2, -0.15) is 0 Å². The van der Waals surface area contributed by atoms with Crippen molar-refractivity contribution in [2.24, 2.45) is 0 Å². The van der Waals surface area contributed by atoms with Crippen molar-refractivity contribution in [3.05, 3.63) is 35.4 Å². The second-order valence-electron chi connectivity index (χ2n) is 3.60. The van der Waals surface area contributed by atoms with E-state index in [1.165, 1.54) is 5.56 Å². The smallest absolute Gasteiger partial charge is 0.155 e. The summed E-state index contributed by atoms with van der Waals surface area (Å²) >= 11 is 1.81. The van der Waals surface area contributed by atoms with E-state index in [0.717, 1.165) is 17.9 Å². The number of halogens is 1. The molecule has 0 bridgehead atoms. The third kappa shape index (κ3) is 1.25. The lowest BCUT2D eigenvalue weighted by Crippen LogP contribution is -2.41. The highest BCUT2D eigenvalue weighted by atomic mass is 79.9. The van der Waals surface area contributed by atoms with Gasteiger partial charge in [0.25, 0.3) is 0 Å². The normalized spacial score (nSPS) is 33.4. The Hall–Kier alpha value is -0.0300. The molecule has 2 N–H and O–H groups in total. The number of hydrogen-bond donors (Lipinski definition) is 2. The molecule has 14 heavy (non-hydrogen) atoms. The van der Waals surface area contributed by atoms with Gasteiger partial charge in [0.1, 0.15) is 0 Å². The van der Waals surface area contributed by atoms with Crippen LogP contribution in [0.2, 0.25) is 0 Å². The molecule has 3 rings (SSSR count). The molecule has 1 aliphatic carbocycles. The van der Waals surface area contributed by atoms with Crippen LogP contribution < -0.4 is 5.32 Å². The lowest BCUT2D eigenvalue weighted by atomic mass is 10.1. The van der Waals surface area contributed by atoms with E-state index in [0.29, 0.717) is 5.25 Å². The van der Waals surface area contributed by atoms with Crippen LogP contribution >= 0.6 is 28.7 Å². The highest BCUT2D eigenvalue weighted by molar-refractivity contribution is 8.93. The fourth-order valence-corrected chi connectivity index (χ4v) is 3.49. The van der Waals surface area contributed by atoms with Crippen LogP contribution in [-0.2, 0) is 12.1 Å². The maximum absolute atomic E-state index is 10.4. The lowest BCUT2D eigenvalue weighted by molar-refractivity contribution is 0.0222. The number of rotatable bonds is 0. The van der Waals surface area contributed by atoms with Crippen LogP contribution in [0.4, 0.5) is 0 Å². The number of nitrogens with one attached hydrogen (secondary N) is 1. The van der Waals surface area contributed by atoms with Crippen LogP contribution in [-0.4, -0.2) is 16.2 Å². The Morgan fingerprint density at radius 2 is 2.21 bits per heavy atom. The summed E-state index contributed by atoms with van der Waals surface area (Å²) < 4.78 is 0. The van der Waals surface area contributed by atoms with Gasteiger partial charge in [-0.05, 0) is 12.0 Å². The lowest BCUT2D eigenvalue weighted by Gasteiger charge is -2.22. The first-order chi connectivity index (χ1) is 6.31. The molecule has 1 heterocycles. The molecular weight excluding hydrogens is 262 g/mol. The summed E-state index contributed by atoms with van der Waals surface area (Å²) in [5.74, 6) is 0.857. The van der Waals surface area contributed by atoms with Crippen LogP contribution in [0.15, 0.2) is 24.3 Å². The van der Waals surface area contributed by atoms with Crippen LogP contribution in [0.5, 0.6) is 0 Å². The second kappa shape index (κ2) is 3.52. The van der Waals surface area contributed by atoms with Crippen LogP contribution in [0.1, 0.15) is 11.1 Å². The molecular formula is C10H12BrNOS. The molecule has 2 unspecified atom stereocenters. The van der Waals surface area contributed by atoms with Crippen LogP contribution in [0.3, 0.4) is 0 Å². The zero-order valence-corrected chi connectivity index (χ0v) is 10.1. The van der Waals surface area contributed by atoms with E-state index >= 15 is 0 Å². The average Bonchev–Trinajstić information content (AvgIpc) is 2.60. The van der Waals surface area contributed by atoms with Gasteiger partial charge < -0.3 is 5.11 Å². The topological polar surface area (TPSA) is 32.3 Å². The average molecular weight is 274 g/mol. The summed E-state index contributed by atoms with van der Waals surface area (Å²) in [5.41, 5.74) is 1.61. The van der Waals surface area contributed by atoms with Crippen molar-refractivity contribution in [1.82, 2.24) is 5.32 Å². The van der Waals surface area contributed by atoms with Crippen molar-refractivity contribution >= 4 is 28.7 Å². The van der Waals surface area contributed by atoms with Crippen molar-refractivity contribution < 1.29 is 5.11 Å². The Balaban J connectivity index is 0.000000750. The minimum atomic E-state index is -0.749. The minimum absolute atomic E-state index is 0. The molecule has 2 aliphatic rings. The molecule has 1 aromatic carbocycles. The van der Waals surface area contributed by atoms with Crippen LogP contribution in [0.25, 0.3) is 0 Å². The largest absolute Gasteiger partial charge is 0.370 e. The number of thioether (sulfide) groups is 1. The standard InChI is InChI=1S/C10H11NOS.BrH/c12-10-8-4-2-1-3-7(8)5-9(10)13-6-11-10;/h1-4,9,11-12H,5-6H2;1H. The highest BCUT2D eigenvalue weighted by Gasteiger charge is 2.48. The van der Waals surface area contributed by atoms with E-state index in [9.17, 15) is 5.11 Å². The van der Waals surface area contributed by atoms with E-state index in [4.69, 9.17) is 0 Å². The Morgan fingerprint density at radius 1 is 1.43 bits per heavy atom. The molecule has 1 aliphatic heterocycles. The van der Waals surface area contributed by atoms with Gasteiger partial charge in [-0.3, -0.25) is 5.32 Å². The van der Waals surface area contributed by atoms with Crippen molar-refractivity contribution in [2.75, 3.05) is 5.88 Å². The number of aliphatic hydroxyl groups is 1. The first kappa shape index (κ1) is 10.5. The third-order valence-corrected chi connectivity index (χ3v) is 4.15. The van der Waals surface area contributed by atoms with Crippen molar-refractivity contribution in [2.45, 2.75) is 17.4 Å². The van der Waals surface area contributed by atoms with Crippen LogP contribution in [0, 0.1) is 0 Å². The fourth-order valence-electron chi connectivity index (χ4n) is 2.23. The zero-order chi connectivity index (χ0) is 8.89. The Morgan fingerprint density at radius 3 is 3.07 bits per heavy atom. The molecule has 0 amide bonds. The van der Waals surface area contributed by atoms with Crippen molar-refractivity contribution in [1.29, 1.82) is 0 Å². The Kier molecular flexibility index (Phi) is 2.64. The van der Waals surface area contributed by atoms with Gasteiger partial charge in [0, 0.05) is 11.4 Å². The molecule has 1 fully saturated rings. The molecule has 2 atom stereocenters. The van der Waals surface area contributed by atoms with Gasteiger partial charge in [-0.15, -0.1) is 28.7 Å². The number of hydrogen-bond acceptors (Lipinski definition) is 3. The van der Waals surface area contributed by atoms with E-state index < -0.39 is 5.72 Å². The van der Waals surface area contributed by atoms with Gasteiger partial charge in [-0.25, -0.2) is 0 Å². The fraction of sp³-hybridized carbons (Fsp3) is 0.400. The molecule has 76 valence electrons. The second-order valence-corrected chi connectivity index (χ2v) is 4.80. The molecule has 0 radical (unpaired) electrons. The zero-order valence-electron chi connectivity index (χ0n) is 7.56. The summed E-state index contributed by atoms with van der Waals surface area (Å²) in [6.45, 7) is 0. The molecule has 0 aromatic heterocycles. The third-order valence-electron chi connectivity index (χ3n) is 2.93. The van der Waals surface area contributed by atoms with Crippen molar-refractivity contribution in [3.63, 3.8) is 0 Å². The summed E-state index contributed by atoms with van der Waals surface area (Å²) in [5, 5.41) is 13.8. The maximum atomic E-state index is 10.4. The van der Waals surface area contributed by atoms with Gasteiger partial charge in [0.2, 0.25) is 0 Å². The SMILES string of the molecule is Br.OC12NCSC1Cc1ccccc12. The van der Waals surface area contributed by atoms with Gasteiger partial charge in [0.05, 0.1) is 5.25 Å². The molecule has 1 aromatic rings. The van der Waals surface area contributed by atoms with E-state index in [-0.39, 0.29) is 17.0 Å². The van der Waals surface area contributed by atoms with E-state index in [2.05, 4.69) is 11.4 Å². The first-order valence-electron chi connectivity index (χ1n) is 4.48. The first-order valence-corrected chi connectivity index (χ1v) is 5.53. The number of benzene rings is 1. The molecule has 2 nitrogen and oxygen atoms in total. The molecule has 1 saturated heterocycles. The monoisotopic (exact) mass is 273 g/mol. The quantitative estimate of drug-likeness (QED) is 0.754. The van der Waals surface area contributed by atoms with E-state index in [1.54, 1.807) is 0 Å².